The molecule has 3 heterocycles. The second-order valence-electron chi connectivity index (χ2n) is 9.67. The minimum Gasteiger partial charge on any atom is -0.475 e. The van der Waals surface area contributed by atoms with E-state index in [-0.39, 0.29) is 17.9 Å². The van der Waals surface area contributed by atoms with Crippen LogP contribution < -0.4 is 10.6 Å². The zero-order valence-corrected chi connectivity index (χ0v) is 21.1. The van der Waals surface area contributed by atoms with Crippen LogP contribution in [0.4, 0.5) is 18.9 Å². The molecule has 0 spiro atoms. The second-order valence-corrected chi connectivity index (χ2v) is 9.67. The number of carboxylic acid groups (broad SMARTS) is 1. The Balaban J connectivity index is 0.000000448. The molecule has 0 radical (unpaired) electrons. The fraction of sp³-hybridized carbons (Fsp3) is 0.407. The lowest BCUT2D eigenvalue weighted by atomic mass is 10.0. The molecule has 3 aromatic rings. The molecule has 2 aliphatic rings. The van der Waals surface area contributed by atoms with Gasteiger partial charge in [-0.05, 0) is 62.8 Å². The van der Waals surface area contributed by atoms with E-state index < -0.39 is 18.2 Å². The summed E-state index contributed by atoms with van der Waals surface area (Å²) in [5.74, 6) is -2.35. The summed E-state index contributed by atoms with van der Waals surface area (Å²) in [5, 5.41) is 28.3. The fourth-order valence-electron chi connectivity index (χ4n) is 4.94. The van der Waals surface area contributed by atoms with E-state index in [4.69, 9.17) is 14.4 Å². The van der Waals surface area contributed by atoms with Crippen LogP contribution in [0.1, 0.15) is 59.4 Å². The van der Waals surface area contributed by atoms with Gasteiger partial charge in [-0.2, -0.15) is 13.2 Å². The largest absolute Gasteiger partial charge is 0.490 e. The fourth-order valence-corrected chi connectivity index (χ4v) is 4.94. The van der Waals surface area contributed by atoms with Crippen LogP contribution in [0.2, 0.25) is 0 Å². The van der Waals surface area contributed by atoms with Crippen molar-refractivity contribution < 1.29 is 37.5 Å². The third-order valence-electron chi connectivity index (χ3n) is 6.96. The molecule has 208 valence electrons. The van der Waals surface area contributed by atoms with Gasteiger partial charge in [-0.25, -0.2) is 4.79 Å². The number of carbonyl (C=O) groups is 2. The van der Waals surface area contributed by atoms with E-state index in [1.54, 1.807) is 12.4 Å². The van der Waals surface area contributed by atoms with Crippen molar-refractivity contribution in [1.29, 1.82) is 0 Å². The van der Waals surface area contributed by atoms with Crippen molar-refractivity contribution in [2.45, 2.75) is 69.3 Å². The molecule has 4 atom stereocenters. The Kier molecular flexibility index (Phi) is 8.66. The van der Waals surface area contributed by atoms with Gasteiger partial charge in [0.1, 0.15) is 0 Å². The van der Waals surface area contributed by atoms with Crippen molar-refractivity contribution in [2.75, 3.05) is 5.32 Å². The number of aliphatic hydroxyl groups excluding tert-OH is 1. The van der Waals surface area contributed by atoms with E-state index in [1.165, 1.54) is 5.56 Å². The Hall–Kier alpha value is -3.77. The topological polar surface area (TPSA) is 138 Å². The molecule has 0 saturated carbocycles. The first-order valence-electron chi connectivity index (χ1n) is 12.5. The van der Waals surface area contributed by atoms with Crippen molar-refractivity contribution in [3.63, 3.8) is 0 Å². The maximum atomic E-state index is 12.7. The number of aryl methyl sites for hydroxylation is 1. The zero-order chi connectivity index (χ0) is 28.2. The number of hydrogen-bond donors (Lipinski definition) is 4. The average Bonchev–Trinajstić information content (AvgIpc) is 3.63. The summed E-state index contributed by atoms with van der Waals surface area (Å²) in [6.45, 7) is 1.92. The highest BCUT2D eigenvalue weighted by Crippen LogP contribution is 2.35. The molecule has 39 heavy (non-hydrogen) atoms. The minimum atomic E-state index is -5.08. The number of rotatable bonds is 6. The van der Waals surface area contributed by atoms with Crippen LogP contribution in [0, 0.1) is 6.92 Å². The molecule has 1 unspecified atom stereocenters. The molecule has 1 aromatic carbocycles. The van der Waals surface area contributed by atoms with Crippen molar-refractivity contribution in [1.82, 2.24) is 15.5 Å². The van der Waals surface area contributed by atoms with Crippen molar-refractivity contribution >= 4 is 17.6 Å². The quantitative estimate of drug-likeness (QED) is 0.363. The highest BCUT2D eigenvalue weighted by molar-refractivity contribution is 5.96. The maximum Gasteiger partial charge on any atom is 0.490 e. The van der Waals surface area contributed by atoms with Gasteiger partial charge in [-0.3, -0.25) is 9.78 Å². The number of carbonyl (C=O) groups excluding carboxylic acids is 1. The van der Waals surface area contributed by atoms with Crippen LogP contribution in [-0.2, 0) is 22.4 Å². The summed E-state index contributed by atoms with van der Waals surface area (Å²) in [6.07, 6.45) is 2.24. The van der Waals surface area contributed by atoms with Gasteiger partial charge in [-0.1, -0.05) is 23.4 Å². The van der Waals surface area contributed by atoms with Crippen molar-refractivity contribution in [2.24, 2.45) is 0 Å². The lowest BCUT2D eigenvalue weighted by Gasteiger charge is -2.20. The molecule has 1 fully saturated rings. The molecule has 1 saturated heterocycles. The summed E-state index contributed by atoms with van der Waals surface area (Å²) in [5.41, 5.74) is 4.80. The number of aliphatic hydroxyl groups is 1. The van der Waals surface area contributed by atoms with Crippen LogP contribution in [0.3, 0.4) is 0 Å². The molecule has 4 N–H and O–H groups in total. The highest BCUT2D eigenvalue weighted by Gasteiger charge is 2.38. The molecule has 0 bridgehead atoms. The minimum absolute atomic E-state index is 0.0405. The van der Waals surface area contributed by atoms with Crippen LogP contribution in [0.5, 0.6) is 0 Å². The monoisotopic (exact) mass is 546 g/mol. The summed E-state index contributed by atoms with van der Waals surface area (Å²) in [4.78, 5) is 25.7. The zero-order valence-electron chi connectivity index (χ0n) is 21.1. The number of nitrogens with zero attached hydrogens (tertiary/aromatic N) is 2. The molecule has 5 rings (SSSR count). The predicted octanol–water partition coefficient (Wildman–Crippen LogP) is 4.08. The van der Waals surface area contributed by atoms with Crippen LogP contribution in [0.15, 0.2) is 53.3 Å². The van der Waals surface area contributed by atoms with E-state index in [1.807, 2.05) is 31.2 Å². The summed E-state index contributed by atoms with van der Waals surface area (Å²) >= 11 is 0. The van der Waals surface area contributed by atoms with Crippen LogP contribution >= 0.6 is 0 Å². The Morgan fingerprint density at radius 2 is 1.90 bits per heavy atom. The molecular weight excluding hydrogens is 517 g/mol. The average molecular weight is 547 g/mol. The third-order valence-corrected chi connectivity index (χ3v) is 6.96. The summed E-state index contributed by atoms with van der Waals surface area (Å²) in [7, 11) is 0. The van der Waals surface area contributed by atoms with Gasteiger partial charge in [0.15, 0.2) is 5.76 Å². The summed E-state index contributed by atoms with van der Waals surface area (Å²) < 4.78 is 37.1. The van der Waals surface area contributed by atoms with Gasteiger partial charge in [0.2, 0.25) is 5.91 Å². The van der Waals surface area contributed by atoms with E-state index in [0.717, 1.165) is 54.6 Å². The molecule has 12 heteroatoms. The number of carboxylic acids is 1. The molecule has 1 aliphatic carbocycles. The molecule has 1 amide bonds. The molecule has 2 aromatic heterocycles. The van der Waals surface area contributed by atoms with Crippen LogP contribution in [-0.4, -0.2) is 50.5 Å². The SMILES string of the molecule is Cc1noc2c1CCC2C(=O)Nc1ccc(C[C@@H]2CC[C@H]([C@H](O)c3cccnc3)N2)cc1.O=C(O)C(F)(F)F. The number of aromatic nitrogens is 2. The Bertz CT molecular complexity index is 1280. The third kappa shape index (κ3) is 7.01. The van der Waals surface area contributed by atoms with Gasteiger partial charge in [0, 0.05) is 41.3 Å². The van der Waals surface area contributed by atoms with E-state index in [2.05, 4.69) is 32.9 Å². The first-order valence-corrected chi connectivity index (χ1v) is 12.5. The second kappa shape index (κ2) is 12.0. The van der Waals surface area contributed by atoms with Gasteiger partial charge in [-0.15, -0.1) is 0 Å². The van der Waals surface area contributed by atoms with E-state index >= 15 is 0 Å². The Morgan fingerprint density at radius 1 is 1.18 bits per heavy atom. The van der Waals surface area contributed by atoms with Gasteiger partial charge in [0.25, 0.3) is 0 Å². The Morgan fingerprint density at radius 3 is 2.54 bits per heavy atom. The maximum absolute atomic E-state index is 12.7. The number of benzene rings is 1. The predicted molar refractivity (Wildman–Crippen MR) is 134 cm³/mol. The Labute approximate surface area is 222 Å². The number of pyridine rings is 1. The molecule has 9 nitrogen and oxygen atoms in total. The number of anilines is 1. The molecular formula is C27H29F3N4O5. The highest BCUT2D eigenvalue weighted by atomic mass is 19.4. The number of hydrogen-bond acceptors (Lipinski definition) is 7. The first kappa shape index (κ1) is 28.2. The lowest BCUT2D eigenvalue weighted by Crippen LogP contribution is -2.35. The first-order chi connectivity index (χ1) is 18.5. The van der Waals surface area contributed by atoms with Crippen molar-refractivity contribution in [3.8, 4) is 0 Å². The number of alkyl halides is 3. The number of nitrogens with one attached hydrogen (secondary N) is 2. The van der Waals surface area contributed by atoms with Crippen LogP contribution in [0.25, 0.3) is 0 Å². The standard InChI is InChI=1S/C25H28N4O3.C2HF3O2/c1-15-20-9-10-21(24(20)32-29-15)25(31)28-18-6-4-16(5-7-18)13-19-8-11-22(27-19)23(30)17-3-2-12-26-14-17;3-2(4,5)1(6)7/h2-7,12,14,19,21-23,27,30H,8-11,13H2,1H3,(H,28,31);(H,6,7)/t19-,21?,22+,23+;/m0./s1. The number of fused-ring (bicyclic) bond motifs is 1. The number of halogens is 3. The smallest absolute Gasteiger partial charge is 0.475 e. The number of amides is 1. The van der Waals surface area contributed by atoms with Gasteiger partial charge < -0.3 is 25.4 Å². The van der Waals surface area contributed by atoms with Gasteiger partial charge in [0.05, 0.1) is 17.7 Å². The van der Waals surface area contributed by atoms with Gasteiger partial charge >= 0.3 is 12.1 Å². The number of aliphatic carboxylic acids is 1. The van der Waals surface area contributed by atoms with E-state index in [0.29, 0.717) is 11.8 Å². The van der Waals surface area contributed by atoms with E-state index in [9.17, 15) is 23.1 Å². The van der Waals surface area contributed by atoms with Crippen molar-refractivity contribution in [3.05, 3.63) is 76.9 Å². The molecule has 1 aliphatic heterocycles. The normalized spacial score (nSPS) is 21.0. The lowest BCUT2D eigenvalue weighted by molar-refractivity contribution is -0.192. The summed E-state index contributed by atoms with van der Waals surface area (Å²) in [6, 6.07) is 12.1.